The average Bonchev–Trinajstić information content (AvgIpc) is 2.87. The monoisotopic (exact) mass is 279 g/mol. The van der Waals surface area contributed by atoms with Crippen LogP contribution in [-0.4, -0.2) is 17.0 Å². The van der Waals surface area contributed by atoms with Gasteiger partial charge < -0.3 is 16.3 Å². The smallest absolute Gasteiger partial charge is 0.238 e. The Morgan fingerprint density at radius 1 is 1.40 bits per heavy atom. The molecule has 1 amide bonds. The van der Waals surface area contributed by atoms with Crippen molar-refractivity contribution in [3.63, 3.8) is 0 Å². The van der Waals surface area contributed by atoms with Crippen LogP contribution in [0.1, 0.15) is 31.2 Å². The van der Waals surface area contributed by atoms with Gasteiger partial charge in [0, 0.05) is 5.69 Å². The second kappa shape index (κ2) is 5.48. The van der Waals surface area contributed by atoms with Crippen molar-refractivity contribution in [2.75, 3.05) is 5.32 Å². The average molecular weight is 279 g/mol. The third-order valence-corrected chi connectivity index (χ3v) is 3.79. The lowest BCUT2D eigenvalue weighted by molar-refractivity contribution is -0.122. The Hall–Kier alpha value is -2.11. The number of aryl methyl sites for hydroxylation is 1. The molecule has 5 nitrogen and oxygen atoms in total. The first-order valence-electron chi connectivity index (χ1n) is 6.54. The van der Waals surface area contributed by atoms with Gasteiger partial charge in [-0.1, -0.05) is 18.0 Å². The van der Waals surface area contributed by atoms with E-state index in [1.54, 1.807) is 13.0 Å². The summed E-state index contributed by atoms with van der Waals surface area (Å²) >= 11 is 0. The molecule has 1 aliphatic rings. The zero-order chi connectivity index (χ0) is 14.8. The first-order valence-corrected chi connectivity index (χ1v) is 6.54. The molecule has 20 heavy (non-hydrogen) atoms. The molecule has 0 radical (unpaired) electrons. The van der Waals surface area contributed by atoms with E-state index in [1.807, 2.05) is 0 Å². The topological polar surface area (TPSA) is 87.7 Å². The van der Waals surface area contributed by atoms with Crippen LogP contribution in [0.5, 0.6) is 0 Å². The fraction of sp³-hybridized carbons (Fsp3) is 0.429. The van der Waals surface area contributed by atoms with E-state index in [-0.39, 0.29) is 11.7 Å². The van der Waals surface area contributed by atoms with Crippen LogP contribution < -0.4 is 11.1 Å². The van der Waals surface area contributed by atoms with E-state index in [4.69, 9.17) is 10.9 Å². The Morgan fingerprint density at radius 2 is 2.05 bits per heavy atom. The summed E-state index contributed by atoms with van der Waals surface area (Å²) in [5.41, 5.74) is 5.79. The number of benzene rings is 1. The maximum absolute atomic E-state index is 13.3. The third-order valence-electron chi connectivity index (χ3n) is 3.79. The van der Waals surface area contributed by atoms with Gasteiger partial charge in [-0.3, -0.25) is 4.79 Å². The number of nitrogens with zero attached hydrogens (tertiary/aromatic N) is 1. The lowest BCUT2D eigenvalue weighted by atomic mass is 9.83. The second-order valence-corrected chi connectivity index (χ2v) is 5.25. The van der Waals surface area contributed by atoms with Gasteiger partial charge in [-0.05, 0) is 43.5 Å². The van der Waals surface area contributed by atoms with Gasteiger partial charge in [0.2, 0.25) is 5.91 Å². The van der Waals surface area contributed by atoms with E-state index in [1.165, 1.54) is 12.1 Å². The number of hydrogen-bond acceptors (Lipinski definition) is 3. The van der Waals surface area contributed by atoms with Crippen LogP contribution in [0.2, 0.25) is 0 Å². The van der Waals surface area contributed by atoms with Crippen LogP contribution in [-0.2, 0) is 4.79 Å². The molecule has 4 N–H and O–H groups in total. The molecule has 1 fully saturated rings. The summed E-state index contributed by atoms with van der Waals surface area (Å²) in [5.74, 6) is -0.847. The molecule has 1 aromatic rings. The Balaban J connectivity index is 2.25. The number of nitrogens with one attached hydrogen (secondary N) is 1. The van der Waals surface area contributed by atoms with Crippen LogP contribution in [0.15, 0.2) is 23.4 Å². The molecule has 108 valence electrons. The van der Waals surface area contributed by atoms with Crippen LogP contribution >= 0.6 is 0 Å². The standard InChI is InChI=1S/C14H18FN3O2/c1-9-6-10(15)8-11(7-9)17-13(19)14(12(16)18-20)4-2-3-5-14/h6-8,20H,2-5H2,1H3,(H2,16,18)(H,17,19). The molecule has 0 heterocycles. The van der Waals surface area contributed by atoms with Crippen molar-refractivity contribution in [2.24, 2.45) is 16.3 Å². The highest BCUT2D eigenvalue weighted by atomic mass is 19.1. The van der Waals surface area contributed by atoms with E-state index in [2.05, 4.69) is 10.5 Å². The minimum atomic E-state index is -0.991. The Morgan fingerprint density at radius 3 is 2.60 bits per heavy atom. The molecule has 1 saturated carbocycles. The summed E-state index contributed by atoms with van der Waals surface area (Å²) in [4.78, 5) is 12.5. The van der Waals surface area contributed by atoms with E-state index < -0.39 is 11.2 Å². The van der Waals surface area contributed by atoms with Gasteiger partial charge in [-0.2, -0.15) is 0 Å². The van der Waals surface area contributed by atoms with Crippen molar-refractivity contribution in [1.29, 1.82) is 0 Å². The number of carbonyl (C=O) groups excluding carboxylic acids is 1. The highest BCUT2D eigenvalue weighted by Gasteiger charge is 2.45. The van der Waals surface area contributed by atoms with Crippen molar-refractivity contribution >= 4 is 17.4 Å². The molecular formula is C14H18FN3O2. The van der Waals surface area contributed by atoms with Crippen LogP contribution in [0.3, 0.4) is 0 Å². The quantitative estimate of drug-likeness (QED) is 0.343. The largest absolute Gasteiger partial charge is 0.409 e. The van der Waals surface area contributed by atoms with Crippen molar-refractivity contribution in [3.05, 3.63) is 29.6 Å². The summed E-state index contributed by atoms with van der Waals surface area (Å²) in [6.45, 7) is 1.74. The zero-order valence-electron chi connectivity index (χ0n) is 11.3. The number of hydrogen-bond donors (Lipinski definition) is 3. The third kappa shape index (κ3) is 2.59. The molecule has 0 bridgehead atoms. The number of halogens is 1. The first-order chi connectivity index (χ1) is 9.48. The van der Waals surface area contributed by atoms with Gasteiger partial charge in [0.15, 0.2) is 5.84 Å². The lowest BCUT2D eigenvalue weighted by Crippen LogP contribution is -2.45. The fourth-order valence-electron chi connectivity index (χ4n) is 2.73. The summed E-state index contributed by atoms with van der Waals surface area (Å²) in [5, 5.41) is 14.6. The van der Waals surface area contributed by atoms with Crippen LogP contribution in [0.4, 0.5) is 10.1 Å². The molecule has 1 aliphatic carbocycles. The second-order valence-electron chi connectivity index (χ2n) is 5.25. The van der Waals surface area contributed by atoms with E-state index in [0.717, 1.165) is 12.8 Å². The molecule has 1 aromatic carbocycles. The van der Waals surface area contributed by atoms with Gasteiger partial charge in [-0.15, -0.1) is 0 Å². The minimum absolute atomic E-state index is 0.0828. The number of amides is 1. The Labute approximate surface area is 116 Å². The highest BCUT2D eigenvalue weighted by molar-refractivity contribution is 6.12. The molecule has 0 spiro atoms. The molecule has 0 unspecified atom stereocenters. The Kier molecular flexibility index (Phi) is 3.92. The van der Waals surface area contributed by atoms with Gasteiger partial charge in [0.1, 0.15) is 11.2 Å². The SMILES string of the molecule is Cc1cc(F)cc(NC(=O)C2(C(N)=NO)CCCC2)c1. The number of nitrogens with two attached hydrogens (primary N) is 1. The van der Waals surface area contributed by atoms with E-state index >= 15 is 0 Å². The molecular weight excluding hydrogens is 261 g/mol. The predicted octanol–water partition coefficient (Wildman–Crippen LogP) is 2.38. The molecule has 0 atom stereocenters. The number of oxime groups is 1. The molecule has 0 aliphatic heterocycles. The molecule has 2 rings (SSSR count). The number of amidine groups is 1. The number of carbonyl (C=O) groups is 1. The summed E-state index contributed by atoms with van der Waals surface area (Å²) in [6.07, 6.45) is 2.74. The summed E-state index contributed by atoms with van der Waals surface area (Å²) < 4.78 is 13.3. The minimum Gasteiger partial charge on any atom is -0.409 e. The van der Waals surface area contributed by atoms with Crippen LogP contribution in [0, 0.1) is 18.2 Å². The molecule has 0 aromatic heterocycles. The van der Waals surface area contributed by atoms with Crippen molar-refractivity contribution in [1.82, 2.24) is 0 Å². The Bertz CT molecular complexity index is 531. The van der Waals surface area contributed by atoms with E-state index in [0.29, 0.717) is 24.1 Å². The van der Waals surface area contributed by atoms with Gasteiger partial charge >= 0.3 is 0 Å². The normalized spacial score (nSPS) is 18.0. The fourth-order valence-corrected chi connectivity index (χ4v) is 2.73. The lowest BCUT2D eigenvalue weighted by Gasteiger charge is -2.26. The van der Waals surface area contributed by atoms with Gasteiger partial charge in [0.05, 0.1) is 0 Å². The van der Waals surface area contributed by atoms with E-state index in [9.17, 15) is 9.18 Å². The summed E-state index contributed by atoms with van der Waals surface area (Å²) in [6, 6.07) is 4.31. The maximum atomic E-state index is 13.3. The highest BCUT2D eigenvalue weighted by Crippen LogP contribution is 2.39. The first kappa shape index (κ1) is 14.3. The van der Waals surface area contributed by atoms with Gasteiger partial charge in [-0.25, -0.2) is 4.39 Å². The zero-order valence-corrected chi connectivity index (χ0v) is 11.3. The molecule has 0 saturated heterocycles. The predicted molar refractivity (Wildman–Crippen MR) is 74.1 cm³/mol. The number of anilines is 1. The van der Waals surface area contributed by atoms with Crippen LogP contribution in [0.25, 0.3) is 0 Å². The molecule has 6 heteroatoms. The van der Waals surface area contributed by atoms with Crippen molar-refractivity contribution in [3.8, 4) is 0 Å². The van der Waals surface area contributed by atoms with Crippen molar-refractivity contribution in [2.45, 2.75) is 32.6 Å². The summed E-state index contributed by atoms with van der Waals surface area (Å²) in [7, 11) is 0. The maximum Gasteiger partial charge on any atom is 0.238 e. The van der Waals surface area contributed by atoms with Crippen molar-refractivity contribution < 1.29 is 14.4 Å². The number of rotatable bonds is 3. The van der Waals surface area contributed by atoms with Gasteiger partial charge in [0.25, 0.3) is 0 Å².